The van der Waals surface area contributed by atoms with Gasteiger partial charge in [-0.2, -0.15) is 0 Å². The van der Waals surface area contributed by atoms with Crippen LogP contribution in [0.4, 0.5) is 0 Å². The Bertz CT molecular complexity index is 628. The standard InChI is InChI=1S/C15H23BrN2O3S/c1-11(2)6-5-9-17-15(19)12-7-8-13(16)14(10-12)22(20,21)18(3)4/h7-8,10-11H,5-6,9H2,1-4H3,(H,17,19). The first-order chi connectivity index (χ1) is 10.2. The van der Waals surface area contributed by atoms with E-state index in [1.54, 1.807) is 12.1 Å². The fraction of sp³-hybridized carbons (Fsp3) is 0.533. The van der Waals surface area contributed by atoms with E-state index >= 15 is 0 Å². The first-order valence-electron chi connectivity index (χ1n) is 7.16. The fourth-order valence-electron chi connectivity index (χ4n) is 1.85. The van der Waals surface area contributed by atoms with Crippen LogP contribution in [0.1, 0.15) is 37.0 Å². The molecular formula is C15H23BrN2O3S. The monoisotopic (exact) mass is 390 g/mol. The van der Waals surface area contributed by atoms with Crippen molar-refractivity contribution in [1.82, 2.24) is 9.62 Å². The number of carbonyl (C=O) groups excluding carboxylic acids is 1. The van der Waals surface area contributed by atoms with E-state index in [0.29, 0.717) is 22.5 Å². The van der Waals surface area contributed by atoms with Gasteiger partial charge in [0.05, 0.1) is 4.90 Å². The van der Waals surface area contributed by atoms with Crippen LogP contribution < -0.4 is 5.32 Å². The number of halogens is 1. The number of hydrogen-bond donors (Lipinski definition) is 1. The molecule has 0 aromatic heterocycles. The lowest BCUT2D eigenvalue weighted by molar-refractivity contribution is 0.0952. The molecule has 0 bridgehead atoms. The van der Waals surface area contributed by atoms with E-state index < -0.39 is 10.0 Å². The minimum Gasteiger partial charge on any atom is -0.352 e. The van der Waals surface area contributed by atoms with E-state index in [-0.39, 0.29) is 10.8 Å². The maximum absolute atomic E-state index is 12.2. The summed E-state index contributed by atoms with van der Waals surface area (Å²) in [6, 6.07) is 4.59. The number of carbonyl (C=O) groups is 1. The molecule has 7 heteroatoms. The van der Waals surface area contributed by atoms with Gasteiger partial charge in [0.25, 0.3) is 5.91 Å². The van der Waals surface area contributed by atoms with E-state index in [1.807, 2.05) is 0 Å². The van der Waals surface area contributed by atoms with Crippen LogP contribution in [0.2, 0.25) is 0 Å². The second kappa shape index (κ2) is 8.08. The van der Waals surface area contributed by atoms with Gasteiger partial charge in [-0.25, -0.2) is 12.7 Å². The van der Waals surface area contributed by atoms with Gasteiger partial charge in [-0.1, -0.05) is 13.8 Å². The molecule has 0 atom stereocenters. The smallest absolute Gasteiger partial charge is 0.251 e. The van der Waals surface area contributed by atoms with Crippen LogP contribution in [0.25, 0.3) is 0 Å². The van der Waals surface area contributed by atoms with Crippen LogP contribution in [-0.4, -0.2) is 39.3 Å². The Kier molecular flexibility index (Phi) is 7.02. The van der Waals surface area contributed by atoms with E-state index in [2.05, 4.69) is 35.1 Å². The molecule has 0 saturated carbocycles. The molecule has 0 aliphatic rings. The SMILES string of the molecule is CC(C)CCCNC(=O)c1ccc(Br)c(S(=O)(=O)N(C)C)c1. The van der Waals surface area contributed by atoms with E-state index in [4.69, 9.17) is 0 Å². The summed E-state index contributed by atoms with van der Waals surface area (Å²) in [6.07, 6.45) is 1.95. The number of sulfonamides is 1. The summed E-state index contributed by atoms with van der Waals surface area (Å²) < 4.78 is 26.0. The molecule has 5 nitrogen and oxygen atoms in total. The number of rotatable bonds is 7. The van der Waals surface area contributed by atoms with Crippen molar-refractivity contribution in [2.24, 2.45) is 5.92 Å². The largest absolute Gasteiger partial charge is 0.352 e. The summed E-state index contributed by atoms with van der Waals surface area (Å²) >= 11 is 3.23. The zero-order valence-corrected chi connectivity index (χ0v) is 15.8. The van der Waals surface area contributed by atoms with Gasteiger partial charge >= 0.3 is 0 Å². The fourth-order valence-corrected chi connectivity index (χ4v) is 3.70. The molecule has 1 amide bonds. The van der Waals surface area contributed by atoms with Gasteiger partial charge in [0.15, 0.2) is 0 Å². The van der Waals surface area contributed by atoms with Crippen molar-refractivity contribution in [2.45, 2.75) is 31.6 Å². The van der Waals surface area contributed by atoms with E-state index in [1.165, 1.54) is 20.2 Å². The van der Waals surface area contributed by atoms with Crippen molar-refractivity contribution < 1.29 is 13.2 Å². The minimum atomic E-state index is -3.59. The second-order valence-electron chi connectivity index (χ2n) is 5.72. The quantitative estimate of drug-likeness (QED) is 0.727. The average molecular weight is 391 g/mol. The number of amides is 1. The minimum absolute atomic E-state index is 0.0901. The number of nitrogens with one attached hydrogen (secondary N) is 1. The van der Waals surface area contributed by atoms with Gasteiger partial charge in [0.1, 0.15) is 0 Å². The predicted molar refractivity (Wildman–Crippen MR) is 91.4 cm³/mol. The lowest BCUT2D eigenvalue weighted by Crippen LogP contribution is -2.26. The molecule has 0 unspecified atom stereocenters. The zero-order valence-electron chi connectivity index (χ0n) is 13.4. The Hall–Kier alpha value is -0.920. The Balaban J connectivity index is 2.87. The first-order valence-corrected chi connectivity index (χ1v) is 9.40. The van der Waals surface area contributed by atoms with Crippen LogP contribution in [0.5, 0.6) is 0 Å². The first kappa shape index (κ1) is 19.1. The summed E-state index contributed by atoms with van der Waals surface area (Å²) in [6.45, 7) is 4.85. The van der Waals surface area contributed by atoms with Gasteiger partial charge in [-0.15, -0.1) is 0 Å². The Morgan fingerprint density at radius 2 is 1.95 bits per heavy atom. The topological polar surface area (TPSA) is 66.5 Å². The van der Waals surface area contributed by atoms with Crippen LogP contribution in [0.3, 0.4) is 0 Å². The second-order valence-corrected chi connectivity index (χ2v) is 8.70. The summed E-state index contributed by atoms with van der Waals surface area (Å²) in [5.74, 6) is 0.341. The maximum atomic E-state index is 12.2. The molecule has 0 saturated heterocycles. The van der Waals surface area contributed by atoms with Crippen LogP contribution in [-0.2, 0) is 10.0 Å². The Morgan fingerprint density at radius 3 is 2.50 bits per heavy atom. The van der Waals surface area contributed by atoms with Crippen molar-refractivity contribution >= 4 is 31.9 Å². The normalized spacial score (nSPS) is 12.0. The maximum Gasteiger partial charge on any atom is 0.251 e. The van der Waals surface area contributed by atoms with Gasteiger partial charge in [0, 0.05) is 30.7 Å². The number of benzene rings is 1. The molecular weight excluding hydrogens is 368 g/mol. The molecule has 1 N–H and O–H groups in total. The summed E-state index contributed by atoms with van der Waals surface area (Å²) in [5, 5.41) is 2.82. The molecule has 0 spiro atoms. The van der Waals surface area contributed by atoms with Crippen molar-refractivity contribution in [3.63, 3.8) is 0 Å². The molecule has 0 aliphatic heterocycles. The third-order valence-corrected chi connectivity index (χ3v) is 6.00. The zero-order chi connectivity index (χ0) is 16.9. The van der Waals surface area contributed by atoms with Gasteiger partial charge in [-0.05, 0) is 52.9 Å². The lowest BCUT2D eigenvalue weighted by Gasteiger charge is -2.14. The molecule has 1 aromatic rings. The Morgan fingerprint density at radius 1 is 1.32 bits per heavy atom. The summed E-state index contributed by atoms with van der Waals surface area (Å²) in [7, 11) is -0.676. The summed E-state index contributed by atoms with van der Waals surface area (Å²) in [4.78, 5) is 12.2. The van der Waals surface area contributed by atoms with Crippen molar-refractivity contribution in [3.8, 4) is 0 Å². The van der Waals surface area contributed by atoms with Crippen molar-refractivity contribution in [3.05, 3.63) is 28.2 Å². The van der Waals surface area contributed by atoms with Crippen molar-refractivity contribution in [1.29, 1.82) is 0 Å². The molecule has 124 valence electrons. The molecule has 0 fully saturated rings. The molecule has 22 heavy (non-hydrogen) atoms. The third kappa shape index (κ3) is 5.07. The lowest BCUT2D eigenvalue weighted by atomic mass is 10.1. The molecule has 0 radical (unpaired) electrons. The van der Waals surface area contributed by atoms with Crippen molar-refractivity contribution in [2.75, 3.05) is 20.6 Å². The highest BCUT2D eigenvalue weighted by atomic mass is 79.9. The summed E-state index contributed by atoms with van der Waals surface area (Å²) in [5.41, 5.74) is 0.341. The highest BCUT2D eigenvalue weighted by Gasteiger charge is 2.22. The molecule has 0 heterocycles. The van der Waals surface area contributed by atoms with Crippen LogP contribution in [0.15, 0.2) is 27.6 Å². The van der Waals surface area contributed by atoms with E-state index in [0.717, 1.165) is 17.1 Å². The molecule has 1 aromatic carbocycles. The van der Waals surface area contributed by atoms with Crippen LogP contribution >= 0.6 is 15.9 Å². The number of hydrogen-bond acceptors (Lipinski definition) is 3. The van der Waals surface area contributed by atoms with Gasteiger partial charge < -0.3 is 5.32 Å². The predicted octanol–water partition coefficient (Wildman–Crippen LogP) is 2.87. The van der Waals surface area contributed by atoms with Gasteiger partial charge in [0.2, 0.25) is 10.0 Å². The average Bonchev–Trinajstić information content (AvgIpc) is 2.43. The molecule has 1 rings (SSSR count). The molecule has 0 aliphatic carbocycles. The van der Waals surface area contributed by atoms with E-state index in [9.17, 15) is 13.2 Å². The third-order valence-electron chi connectivity index (χ3n) is 3.20. The van der Waals surface area contributed by atoms with Gasteiger partial charge in [-0.3, -0.25) is 4.79 Å². The highest BCUT2D eigenvalue weighted by molar-refractivity contribution is 9.10. The number of nitrogens with zero attached hydrogens (tertiary/aromatic N) is 1. The van der Waals surface area contributed by atoms with Crippen LogP contribution in [0, 0.1) is 5.92 Å². The Labute approximate surface area is 141 Å². The highest BCUT2D eigenvalue weighted by Crippen LogP contribution is 2.25.